The standard InChI is InChI=1S/C14H20N5O5PS/c1-6(2)22-25(26)23-7(3)10-11(24-25)9(20)14(21-10)19-5-18-8-12(15)16-4-17-13(8)19/h4-7,9-11,14,20H,1-3H3,(H2,15,16,17)/t7?,9-,10-,11+,14-,25?/m1/s1. The van der Waals surface area contributed by atoms with E-state index in [2.05, 4.69) is 15.0 Å². The van der Waals surface area contributed by atoms with Crippen LogP contribution < -0.4 is 5.73 Å². The minimum Gasteiger partial charge on any atom is -0.386 e. The number of nitrogen functional groups attached to an aromatic ring is 1. The van der Waals surface area contributed by atoms with Crippen LogP contribution in [0.25, 0.3) is 11.2 Å². The topological polar surface area (TPSA) is 127 Å². The molecule has 6 atom stereocenters. The minimum absolute atomic E-state index is 0.155. The number of aliphatic hydroxyl groups excluding tert-OH is 1. The quantitative estimate of drug-likeness (QED) is 0.722. The lowest BCUT2D eigenvalue weighted by molar-refractivity contribution is -0.0956. The molecule has 2 aromatic rings. The van der Waals surface area contributed by atoms with Gasteiger partial charge in [-0.25, -0.2) is 15.0 Å². The molecule has 26 heavy (non-hydrogen) atoms. The van der Waals surface area contributed by atoms with Gasteiger partial charge in [-0.15, -0.1) is 0 Å². The zero-order valence-corrected chi connectivity index (χ0v) is 16.1. The Morgan fingerprint density at radius 2 is 2.08 bits per heavy atom. The average molecular weight is 401 g/mol. The number of ether oxygens (including phenoxy) is 1. The number of hydrogen-bond donors (Lipinski definition) is 2. The van der Waals surface area contributed by atoms with Crippen LogP contribution in [0.15, 0.2) is 12.7 Å². The Balaban J connectivity index is 1.66. The van der Waals surface area contributed by atoms with Crippen LogP contribution in [-0.4, -0.2) is 55.1 Å². The fourth-order valence-corrected chi connectivity index (χ4v) is 6.16. The summed E-state index contributed by atoms with van der Waals surface area (Å²) in [6.07, 6.45) is -0.655. The summed E-state index contributed by atoms with van der Waals surface area (Å²) in [7, 11) is 0. The Hall–Kier alpha value is -1.20. The number of fused-ring (bicyclic) bond motifs is 2. The highest BCUT2D eigenvalue weighted by Crippen LogP contribution is 2.59. The third-order valence-corrected chi connectivity index (χ3v) is 6.81. The number of nitrogens with two attached hydrogens (primary N) is 1. The molecule has 12 heteroatoms. The van der Waals surface area contributed by atoms with Crippen molar-refractivity contribution in [3.8, 4) is 0 Å². The van der Waals surface area contributed by atoms with Crippen LogP contribution >= 0.6 is 6.72 Å². The van der Waals surface area contributed by atoms with Crippen LogP contribution in [0, 0.1) is 0 Å². The Kier molecular flexibility index (Phi) is 4.51. The van der Waals surface area contributed by atoms with Gasteiger partial charge in [-0.3, -0.25) is 9.09 Å². The number of aliphatic hydroxyl groups is 1. The van der Waals surface area contributed by atoms with E-state index < -0.39 is 37.4 Å². The number of hydrogen-bond acceptors (Lipinski definition) is 10. The van der Waals surface area contributed by atoms with Crippen molar-refractivity contribution in [1.82, 2.24) is 19.5 Å². The van der Waals surface area contributed by atoms with Crippen molar-refractivity contribution in [3.63, 3.8) is 0 Å². The van der Waals surface area contributed by atoms with E-state index in [9.17, 15) is 5.11 Å². The van der Waals surface area contributed by atoms with E-state index in [-0.39, 0.29) is 11.9 Å². The first-order valence-corrected chi connectivity index (χ1v) is 10.8. The molecular formula is C14H20N5O5PS. The van der Waals surface area contributed by atoms with E-state index >= 15 is 0 Å². The zero-order valence-electron chi connectivity index (χ0n) is 14.4. The zero-order chi connectivity index (χ0) is 18.6. The molecule has 0 amide bonds. The van der Waals surface area contributed by atoms with E-state index in [4.69, 9.17) is 35.8 Å². The van der Waals surface area contributed by atoms with Gasteiger partial charge in [0.1, 0.15) is 30.2 Å². The van der Waals surface area contributed by atoms with Crippen molar-refractivity contribution in [2.75, 3.05) is 5.73 Å². The maximum absolute atomic E-state index is 10.9. The smallest absolute Gasteiger partial charge is 0.328 e. The van der Waals surface area contributed by atoms with Crippen molar-refractivity contribution in [2.24, 2.45) is 0 Å². The van der Waals surface area contributed by atoms with E-state index in [0.29, 0.717) is 11.2 Å². The largest absolute Gasteiger partial charge is 0.386 e. The molecule has 0 aromatic carbocycles. The van der Waals surface area contributed by atoms with E-state index in [1.807, 2.05) is 20.8 Å². The lowest BCUT2D eigenvalue weighted by Crippen LogP contribution is -2.44. The second-order valence-corrected chi connectivity index (χ2v) is 9.42. The highest BCUT2D eigenvalue weighted by Gasteiger charge is 2.55. The predicted molar refractivity (Wildman–Crippen MR) is 95.6 cm³/mol. The maximum Gasteiger partial charge on any atom is 0.328 e. The van der Waals surface area contributed by atoms with Gasteiger partial charge in [-0.05, 0) is 32.6 Å². The molecule has 142 valence electrons. The highest BCUT2D eigenvalue weighted by molar-refractivity contribution is 8.07. The molecule has 0 bridgehead atoms. The summed E-state index contributed by atoms with van der Waals surface area (Å²) in [6.45, 7) is 2.56. The Bertz CT molecular complexity index is 879. The van der Waals surface area contributed by atoms with Gasteiger partial charge in [0.05, 0.1) is 18.5 Å². The van der Waals surface area contributed by atoms with Gasteiger partial charge in [0, 0.05) is 0 Å². The van der Waals surface area contributed by atoms with Crippen LogP contribution in [0.2, 0.25) is 0 Å². The average Bonchev–Trinajstić information content (AvgIpc) is 3.09. The summed E-state index contributed by atoms with van der Waals surface area (Å²) in [5.74, 6) is 0.257. The number of nitrogens with zero attached hydrogens (tertiary/aromatic N) is 4. The summed E-state index contributed by atoms with van der Waals surface area (Å²) in [6, 6.07) is 0. The van der Waals surface area contributed by atoms with Gasteiger partial charge >= 0.3 is 6.72 Å². The molecule has 2 aliphatic rings. The van der Waals surface area contributed by atoms with Gasteiger partial charge in [0.2, 0.25) is 0 Å². The fourth-order valence-electron chi connectivity index (χ4n) is 3.21. The number of anilines is 1. The van der Waals surface area contributed by atoms with Crippen LogP contribution in [0.5, 0.6) is 0 Å². The van der Waals surface area contributed by atoms with Gasteiger partial charge in [-0.2, -0.15) is 0 Å². The van der Waals surface area contributed by atoms with Crippen LogP contribution in [0.4, 0.5) is 5.82 Å². The molecule has 0 aliphatic carbocycles. The minimum atomic E-state index is -2.97. The number of rotatable bonds is 3. The molecule has 0 saturated carbocycles. The molecule has 3 N–H and O–H groups in total. The number of aromatic nitrogens is 4. The van der Waals surface area contributed by atoms with Crippen LogP contribution in [-0.2, 0) is 30.1 Å². The van der Waals surface area contributed by atoms with Crippen molar-refractivity contribution in [2.45, 2.75) is 57.5 Å². The lowest BCUT2D eigenvalue weighted by atomic mass is 10.1. The summed E-state index contributed by atoms with van der Waals surface area (Å²) in [5, 5.41) is 10.9. The first-order valence-electron chi connectivity index (χ1n) is 8.21. The lowest BCUT2D eigenvalue weighted by Gasteiger charge is -2.38. The molecule has 2 aliphatic heterocycles. The molecule has 2 fully saturated rings. The molecule has 2 aromatic heterocycles. The van der Waals surface area contributed by atoms with Gasteiger partial charge in [-0.1, -0.05) is 0 Å². The second kappa shape index (κ2) is 6.45. The Labute approximate surface area is 154 Å². The van der Waals surface area contributed by atoms with Gasteiger partial charge in [0.15, 0.2) is 17.7 Å². The summed E-state index contributed by atoms with van der Waals surface area (Å²) in [5.41, 5.74) is 6.73. The normalized spacial score (nSPS) is 37.3. The summed E-state index contributed by atoms with van der Waals surface area (Å²) < 4.78 is 25.0. The molecule has 2 saturated heterocycles. The van der Waals surface area contributed by atoms with Crippen molar-refractivity contribution in [3.05, 3.63) is 12.7 Å². The third kappa shape index (κ3) is 2.93. The Morgan fingerprint density at radius 1 is 1.31 bits per heavy atom. The molecule has 4 heterocycles. The van der Waals surface area contributed by atoms with Crippen molar-refractivity contribution in [1.29, 1.82) is 0 Å². The highest BCUT2D eigenvalue weighted by atomic mass is 32.5. The van der Waals surface area contributed by atoms with Crippen molar-refractivity contribution < 1.29 is 23.4 Å². The maximum atomic E-state index is 10.9. The predicted octanol–water partition coefficient (Wildman–Crippen LogP) is 1.12. The fraction of sp³-hybridized carbons (Fsp3) is 0.643. The monoisotopic (exact) mass is 401 g/mol. The van der Waals surface area contributed by atoms with Crippen LogP contribution in [0.3, 0.4) is 0 Å². The van der Waals surface area contributed by atoms with E-state index in [1.54, 1.807) is 4.57 Å². The van der Waals surface area contributed by atoms with E-state index in [0.717, 1.165) is 0 Å². The van der Waals surface area contributed by atoms with E-state index in [1.165, 1.54) is 12.7 Å². The first-order chi connectivity index (χ1) is 12.3. The summed E-state index contributed by atoms with van der Waals surface area (Å²) in [4.78, 5) is 12.3. The molecule has 10 nitrogen and oxygen atoms in total. The molecular weight excluding hydrogens is 381 g/mol. The van der Waals surface area contributed by atoms with Gasteiger partial charge < -0.3 is 24.6 Å². The SMILES string of the molecule is CC(C)OP1(=S)OC(C)[C@H]2O[C@@H](n3cnc4c(N)ncnc43)[C@H](O)[C@@H]2O1. The first kappa shape index (κ1) is 18.2. The summed E-state index contributed by atoms with van der Waals surface area (Å²) >= 11 is 5.44. The van der Waals surface area contributed by atoms with Crippen LogP contribution in [0.1, 0.15) is 27.0 Å². The number of imidazole rings is 1. The van der Waals surface area contributed by atoms with Gasteiger partial charge in [0.25, 0.3) is 0 Å². The third-order valence-electron chi connectivity index (χ3n) is 4.26. The molecule has 4 rings (SSSR count). The Morgan fingerprint density at radius 3 is 2.81 bits per heavy atom. The molecule has 2 unspecified atom stereocenters. The van der Waals surface area contributed by atoms with Crippen molar-refractivity contribution >= 4 is 35.5 Å². The second-order valence-electron chi connectivity index (χ2n) is 6.55. The molecule has 0 spiro atoms. The molecule has 0 radical (unpaired) electrons.